The van der Waals surface area contributed by atoms with E-state index in [1.807, 2.05) is 42.6 Å². The topological polar surface area (TPSA) is 108 Å². The second kappa shape index (κ2) is 12.6. The number of para-hydroxylation sites is 1. The zero-order valence-corrected chi connectivity index (χ0v) is 23.2. The van der Waals surface area contributed by atoms with Gasteiger partial charge in [-0.05, 0) is 43.2 Å². The van der Waals surface area contributed by atoms with Gasteiger partial charge in [-0.2, -0.15) is 0 Å². The number of aliphatic imine (C=N–C) groups is 1. The number of amidine groups is 1. The van der Waals surface area contributed by atoms with Crippen molar-refractivity contribution < 1.29 is 19.0 Å². The number of rotatable bonds is 9. The number of benzene rings is 2. The number of hydrogen-bond acceptors (Lipinski definition) is 10. The van der Waals surface area contributed by atoms with Crippen LogP contribution in [0.25, 0.3) is 0 Å². The van der Waals surface area contributed by atoms with Crippen LogP contribution in [0.1, 0.15) is 39.6 Å². The predicted molar refractivity (Wildman–Crippen MR) is 149 cm³/mol. The third-order valence-corrected chi connectivity index (χ3v) is 8.64. The van der Waals surface area contributed by atoms with E-state index in [-0.39, 0.29) is 16.5 Å². The fraction of sp³-hybridized carbons (Fsp3) is 0.346. The Morgan fingerprint density at radius 3 is 2.76 bits per heavy atom. The van der Waals surface area contributed by atoms with Crippen LogP contribution in [0.15, 0.2) is 47.6 Å². The van der Waals surface area contributed by atoms with Crippen molar-refractivity contribution in [3.8, 4) is 11.5 Å². The van der Waals surface area contributed by atoms with E-state index in [2.05, 4.69) is 10.4 Å². The minimum Gasteiger partial charge on any atom is -0.493 e. The molecule has 0 amide bonds. The molecule has 8 nitrogen and oxygen atoms in total. The van der Waals surface area contributed by atoms with Gasteiger partial charge in [0.2, 0.25) is 0 Å². The van der Waals surface area contributed by atoms with Crippen LogP contribution in [0, 0.1) is 0 Å². The highest BCUT2D eigenvalue weighted by atomic mass is 35.5. The Kier molecular flexibility index (Phi) is 9.31. The first-order chi connectivity index (χ1) is 18.0. The molecule has 0 fully saturated rings. The van der Waals surface area contributed by atoms with Crippen LogP contribution < -0.4 is 20.7 Å². The van der Waals surface area contributed by atoms with Gasteiger partial charge in [-0.3, -0.25) is 4.79 Å². The van der Waals surface area contributed by atoms with Crippen LogP contribution in [-0.2, 0) is 22.4 Å². The second-order valence-electron chi connectivity index (χ2n) is 8.16. The second-order valence-corrected chi connectivity index (χ2v) is 11.1. The number of carbonyl (C=O) groups is 1. The van der Waals surface area contributed by atoms with Crippen molar-refractivity contribution >= 4 is 52.2 Å². The highest BCUT2D eigenvalue weighted by Crippen LogP contribution is 2.50. The zero-order valence-electron chi connectivity index (χ0n) is 20.8. The molecular formula is C26H29ClN4O4S2. The number of thiazole rings is 1. The smallest absolute Gasteiger partial charge is 0.306 e. The van der Waals surface area contributed by atoms with Gasteiger partial charge in [0.15, 0.2) is 11.5 Å². The number of hydrogen-bond donors (Lipinski definition) is 2. The molecule has 0 saturated carbocycles. The number of carbonyl (C=O) groups excluding carboxylic acids is 1. The van der Waals surface area contributed by atoms with Crippen LogP contribution in [-0.4, -0.2) is 42.9 Å². The number of nitrogens with one attached hydrogen (secondary N) is 1. The minimum absolute atomic E-state index is 0.138. The van der Waals surface area contributed by atoms with Crippen molar-refractivity contribution in [3.63, 3.8) is 0 Å². The first-order valence-electron chi connectivity index (χ1n) is 11.8. The number of ether oxygens (including phenoxy) is 3. The molecule has 2 aromatic carbocycles. The molecule has 37 heavy (non-hydrogen) atoms. The number of aromatic nitrogens is 1. The molecule has 0 saturated heterocycles. The molecule has 0 aliphatic carbocycles. The summed E-state index contributed by atoms with van der Waals surface area (Å²) in [6, 6.07) is 11.5. The maximum atomic E-state index is 11.8. The van der Waals surface area contributed by atoms with E-state index in [0.29, 0.717) is 48.2 Å². The van der Waals surface area contributed by atoms with Gasteiger partial charge in [-0.1, -0.05) is 23.7 Å². The van der Waals surface area contributed by atoms with E-state index in [9.17, 15) is 4.79 Å². The molecule has 1 aromatic heterocycles. The molecule has 3 N–H and O–H groups in total. The Labute approximate surface area is 229 Å². The summed E-state index contributed by atoms with van der Waals surface area (Å²) in [6.07, 6.45) is 3.35. The molecule has 11 heteroatoms. The number of nitrogens with two attached hydrogens (primary N) is 1. The summed E-state index contributed by atoms with van der Waals surface area (Å²) in [7, 11) is 3.26. The summed E-state index contributed by atoms with van der Waals surface area (Å²) in [5.74, 6) is 7.71. The van der Waals surface area contributed by atoms with Gasteiger partial charge in [0.1, 0.15) is 5.84 Å². The van der Waals surface area contributed by atoms with E-state index in [0.717, 1.165) is 26.7 Å². The van der Waals surface area contributed by atoms with Crippen molar-refractivity contribution in [3.05, 3.63) is 68.6 Å². The SMILES string of the molecule is CCOC(=O)CCc1cnc(C[C@@H]2S[C@@H](c3cccc(OC)c3OC)c3cc(Cl)ccc3N=C2NN)s1. The average molecular weight is 561 g/mol. The van der Waals surface area contributed by atoms with Gasteiger partial charge >= 0.3 is 5.97 Å². The van der Waals surface area contributed by atoms with Crippen molar-refractivity contribution in [1.82, 2.24) is 10.4 Å². The highest BCUT2D eigenvalue weighted by molar-refractivity contribution is 8.01. The number of methoxy groups -OCH3 is 2. The van der Waals surface area contributed by atoms with Crippen LogP contribution >= 0.6 is 34.7 Å². The lowest BCUT2D eigenvalue weighted by Crippen LogP contribution is -2.38. The lowest BCUT2D eigenvalue weighted by molar-refractivity contribution is -0.143. The molecular weight excluding hydrogens is 532 g/mol. The number of fused-ring (bicyclic) bond motifs is 1. The van der Waals surface area contributed by atoms with Crippen molar-refractivity contribution in [2.45, 2.75) is 36.7 Å². The molecule has 3 aromatic rings. The molecule has 1 aliphatic rings. The number of aryl methyl sites for hydroxylation is 1. The lowest BCUT2D eigenvalue weighted by Gasteiger charge is -2.24. The third-order valence-electron chi connectivity index (χ3n) is 5.82. The summed E-state index contributed by atoms with van der Waals surface area (Å²) in [4.78, 5) is 22.3. The fourth-order valence-electron chi connectivity index (χ4n) is 4.15. The largest absolute Gasteiger partial charge is 0.493 e. The van der Waals surface area contributed by atoms with E-state index < -0.39 is 0 Å². The summed E-state index contributed by atoms with van der Waals surface area (Å²) in [5.41, 5.74) is 5.48. The normalized spacial score (nSPS) is 16.8. The lowest BCUT2D eigenvalue weighted by atomic mass is 10.0. The number of esters is 1. The molecule has 1 aliphatic heterocycles. The Balaban J connectivity index is 1.67. The quantitative estimate of drug-likeness (QED) is 0.207. The van der Waals surface area contributed by atoms with E-state index in [4.69, 9.17) is 36.6 Å². The monoisotopic (exact) mass is 560 g/mol. The van der Waals surface area contributed by atoms with E-state index >= 15 is 0 Å². The summed E-state index contributed by atoms with van der Waals surface area (Å²) < 4.78 is 16.4. The van der Waals surface area contributed by atoms with Crippen LogP contribution in [0.4, 0.5) is 5.69 Å². The van der Waals surface area contributed by atoms with E-state index in [1.165, 1.54) is 0 Å². The van der Waals surface area contributed by atoms with E-state index in [1.54, 1.807) is 44.2 Å². The number of hydrazine groups is 1. The van der Waals surface area contributed by atoms with Gasteiger partial charge < -0.3 is 19.6 Å². The van der Waals surface area contributed by atoms with Crippen molar-refractivity contribution in [1.29, 1.82) is 0 Å². The Hall–Kier alpha value is -2.79. The Morgan fingerprint density at radius 1 is 1.19 bits per heavy atom. The Bertz CT molecular complexity index is 1280. The minimum atomic E-state index is -0.204. The van der Waals surface area contributed by atoms with Crippen molar-refractivity contribution in [2.75, 3.05) is 20.8 Å². The molecule has 2 heterocycles. The van der Waals surface area contributed by atoms with Crippen LogP contribution in [0.3, 0.4) is 0 Å². The average Bonchev–Trinajstić information content (AvgIpc) is 3.29. The number of nitrogens with zero attached hydrogens (tertiary/aromatic N) is 2. The van der Waals surface area contributed by atoms with Gasteiger partial charge in [0.05, 0.1) is 48.4 Å². The number of thioether (sulfide) groups is 1. The molecule has 0 bridgehead atoms. The standard InChI is InChI=1S/C26H29ClN4O4S2/c1-4-35-23(32)11-9-16-14-29-22(36-16)13-21-26(31-28)30-19-10-8-15(27)12-18(19)25(37-21)17-6-5-7-20(33-2)24(17)34-3/h5-8,10,12,14,21,25H,4,9,11,13,28H2,1-3H3,(H,30,31)/t21-,25-/m0/s1. The van der Waals surface area contributed by atoms with Gasteiger partial charge in [-0.25, -0.2) is 15.8 Å². The fourth-order valence-corrected chi connectivity index (χ4v) is 6.90. The van der Waals surface area contributed by atoms with Crippen molar-refractivity contribution in [2.24, 2.45) is 10.8 Å². The summed E-state index contributed by atoms with van der Waals surface area (Å²) in [6.45, 7) is 2.19. The Morgan fingerprint density at radius 2 is 2.03 bits per heavy atom. The predicted octanol–water partition coefficient (Wildman–Crippen LogP) is 5.25. The van der Waals surface area contributed by atoms with Gasteiger partial charge in [0.25, 0.3) is 0 Å². The van der Waals surface area contributed by atoms with Gasteiger partial charge in [0, 0.05) is 28.1 Å². The summed E-state index contributed by atoms with van der Waals surface area (Å²) in [5, 5.41) is 1.25. The maximum absolute atomic E-state index is 11.8. The summed E-state index contributed by atoms with van der Waals surface area (Å²) >= 11 is 9.70. The van der Waals surface area contributed by atoms with Gasteiger partial charge in [-0.15, -0.1) is 23.1 Å². The molecule has 0 radical (unpaired) electrons. The van der Waals surface area contributed by atoms with Crippen LogP contribution in [0.2, 0.25) is 5.02 Å². The third kappa shape index (κ3) is 6.38. The first-order valence-corrected chi connectivity index (χ1v) is 13.9. The number of halogens is 1. The highest BCUT2D eigenvalue weighted by Gasteiger charge is 2.32. The molecule has 4 rings (SSSR count). The molecule has 2 atom stereocenters. The first kappa shape index (κ1) is 27.3. The van der Waals surface area contributed by atoms with Crippen LogP contribution in [0.5, 0.6) is 11.5 Å². The zero-order chi connectivity index (χ0) is 26.4. The molecule has 196 valence electrons. The molecule has 0 spiro atoms. The maximum Gasteiger partial charge on any atom is 0.306 e. The molecule has 0 unspecified atom stereocenters.